The van der Waals surface area contributed by atoms with E-state index in [-0.39, 0.29) is 0 Å². The highest BCUT2D eigenvalue weighted by Crippen LogP contribution is 2.49. The van der Waals surface area contributed by atoms with Gasteiger partial charge in [0.05, 0.1) is 0 Å². The minimum absolute atomic E-state index is 0.510. The Morgan fingerprint density at radius 2 is 1.25 bits per heavy atom. The van der Waals surface area contributed by atoms with Crippen LogP contribution in [-0.4, -0.2) is 12.1 Å². The van der Waals surface area contributed by atoms with E-state index >= 15 is 0 Å². The van der Waals surface area contributed by atoms with Crippen LogP contribution in [0.25, 0.3) is 0 Å². The molecule has 0 aliphatic rings. The first-order chi connectivity index (χ1) is 5.06. The van der Waals surface area contributed by atoms with Gasteiger partial charge in [-0.25, -0.2) is 8.78 Å². The van der Waals surface area contributed by atoms with Gasteiger partial charge in [-0.2, -0.15) is 13.2 Å². The van der Waals surface area contributed by atoms with Crippen molar-refractivity contribution in [3.8, 4) is 0 Å². The van der Waals surface area contributed by atoms with Crippen molar-refractivity contribution >= 4 is 0 Å². The second-order valence-corrected chi connectivity index (χ2v) is 3.18. The highest BCUT2D eigenvalue weighted by atomic mass is 19.4. The van der Waals surface area contributed by atoms with Crippen LogP contribution in [0.4, 0.5) is 22.0 Å². The lowest BCUT2D eigenvalue weighted by Crippen LogP contribution is -2.47. The largest absolute Gasteiger partial charge is 0.399 e. The van der Waals surface area contributed by atoms with Gasteiger partial charge in [-0.1, -0.05) is 6.92 Å². The summed E-state index contributed by atoms with van der Waals surface area (Å²) in [7, 11) is 0. The van der Waals surface area contributed by atoms with Crippen LogP contribution in [0.15, 0.2) is 0 Å². The molecule has 0 nitrogen and oxygen atoms in total. The first-order valence-corrected chi connectivity index (χ1v) is 3.51. The third-order valence-corrected chi connectivity index (χ3v) is 2.07. The van der Waals surface area contributed by atoms with Crippen LogP contribution in [0, 0.1) is 5.41 Å². The molecule has 0 N–H and O–H groups in total. The Kier molecular flexibility index (Phi) is 2.77. The van der Waals surface area contributed by atoms with Gasteiger partial charge in [-0.3, -0.25) is 0 Å². The van der Waals surface area contributed by atoms with E-state index in [4.69, 9.17) is 0 Å². The monoisotopic (exact) mass is 190 g/mol. The van der Waals surface area contributed by atoms with Gasteiger partial charge in [0.25, 0.3) is 5.92 Å². The topological polar surface area (TPSA) is 0 Å². The predicted molar refractivity (Wildman–Crippen MR) is 35.1 cm³/mol. The van der Waals surface area contributed by atoms with E-state index in [0.29, 0.717) is 13.8 Å². The number of hydrogen-bond acceptors (Lipinski definition) is 0. The van der Waals surface area contributed by atoms with Crippen LogP contribution in [0.5, 0.6) is 0 Å². The van der Waals surface area contributed by atoms with E-state index in [1.165, 1.54) is 0 Å². The highest BCUT2D eigenvalue weighted by molar-refractivity contribution is 4.90. The molecule has 0 aromatic rings. The Balaban J connectivity index is 4.85. The Morgan fingerprint density at radius 1 is 0.917 bits per heavy atom. The lowest BCUT2D eigenvalue weighted by Gasteiger charge is -2.34. The van der Waals surface area contributed by atoms with Crippen LogP contribution in [-0.2, 0) is 0 Å². The fourth-order valence-electron chi connectivity index (χ4n) is 0.649. The smallest absolute Gasteiger partial charge is 0.206 e. The molecule has 0 aromatic carbocycles. The normalized spacial score (nSPS) is 15.0. The van der Waals surface area contributed by atoms with Crippen LogP contribution in [0.1, 0.15) is 27.2 Å². The molecule has 74 valence electrons. The van der Waals surface area contributed by atoms with Crippen molar-refractivity contribution in [2.24, 2.45) is 5.41 Å². The van der Waals surface area contributed by atoms with Crippen molar-refractivity contribution in [2.75, 3.05) is 0 Å². The maximum atomic E-state index is 12.7. The maximum Gasteiger partial charge on any atom is 0.399 e. The SMILES string of the molecule is CCC(F)(F)C(C)(C)C(F)(F)F. The molecule has 0 unspecified atom stereocenters. The molecule has 0 aliphatic heterocycles. The standard InChI is InChI=1S/C7H11F5/c1-4-6(8,9)5(2,3)7(10,11)12/h4H2,1-3H3. The molecule has 0 spiro atoms. The van der Waals surface area contributed by atoms with E-state index in [1.807, 2.05) is 0 Å². The molecule has 0 saturated heterocycles. The zero-order valence-corrected chi connectivity index (χ0v) is 7.10. The molecule has 12 heavy (non-hydrogen) atoms. The highest BCUT2D eigenvalue weighted by Gasteiger charge is 2.61. The molecule has 0 atom stereocenters. The molecule has 5 heteroatoms. The summed E-state index contributed by atoms with van der Waals surface area (Å²) in [5, 5.41) is 0. The van der Waals surface area contributed by atoms with Gasteiger partial charge in [0.1, 0.15) is 5.41 Å². The zero-order valence-electron chi connectivity index (χ0n) is 7.10. The molecule has 0 bridgehead atoms. The fourth-order valence-corrected chi connectivity index (χ4v) is 0.649. The summed E-state index contributed by atoms with van der Waals surface area (Å²) in [6.45, 7) is 2.06. The summed E-state index contributed by atoms with van der Waals surface area (Å²) in [5.41, 5.74) is -2.95. The molecule has 0 heterocycles. The molecule has 0 aliphatic carbocycles. The fraction of sp³-hybridized carbons (Fsp3) is 1.00. The summed E-state index contributed by atoms with van der Waals surface area (Å²) in [5.74, 6) is -3.70. The summed E-state index contributed by atoms with van der Waals surface area (Å²) in [6, 6.07) is 0. The van der Waals surface area contributed by atoms with E-state index in [1.54, 1.807) is 0 Å². The first-order valence-electron chi connectivity index (χ1n) is 3.51. The molecule has 0 amide bonds. The summed E-state index contributed by atoms with van der Waals surface area (Å²) in [6.07, 6.45) is -5.67. The van der Waals surface area contributed by atoms with Crippen molar-refractivity contribution in [3.63, 3.8) is 0 Å². The van der Waals surface area contributed by atoms with Crippen molar-refractivity contribution in [2.45, 2.75) is 39.3 Å². The molecule has 0 radical (unpaired) electrons. The minimum Gasteiger partial charge on any atom is -0.206 e. The van der Waals surface area contributed by atoms with Crippen molar-refractivity contribution < 1.29 is 22.0 Å². The van der Waals surface area contributed by atoms with Gasteiger partial charge in [-0.15, -0.1) is 0 Å². The predicted octanol–water partition coefficient (Wildman–Crippen LogP) is 3.62. The average Bonchev–Trinajstić information content (AvgIpc) is 1.85. The Bertz CT molecular complexity index is 156. The van der Waals surface area contributed by atoms with Gasteiger partial charge >= 0.3 is 6.18 Å². The number of alkyl halides is 5. The van der Waals surface area contributed by atoms with Crippen LogP contribution >= 0.6 is 0 Å². The van der Waals surface area contributed by atoms with Crippen LogP contribution in [0.2, 0.25) is 0 Å². The lowest BCUT2D eigenvalue weighted by molar-refractivity contribution is -0.285. The first kappa shape index (κ1) is 11.6. The quantitative estimate of drug-likeness (QED) is 0.583. The number of halogens is 5. The van der Waals surface area contributed by atoms with Crippen LogP contribution < -0.4 is 0 Å². The second-order valence-electron chi connectivity index (χ2n) is 3.18. The average molecular weight is 190 g/mol. The second kappa shape index (κ2) is 2.85. The lowest BCUT2D eigenvalue weighted by atomic mass is 9.83. The van der Waals surface area contributed by atoms with E-state index in [0.717, 1.165) is 6.92 Å². The van der Waals surface area contributed by atoms with Crippen molar-refractivity contribution in [1.29, 1.82) is 0 Å². The maximum absolute atomic E-state index is 12.7. The number of rotatable bonds is 2. The van der Waals surface area contributed by atoms with Crippen molar-refractivity contribution in [3.05, 3.63) is 0 Å². The molecule has 0 rings (SSSR count). The van der Waals surface area contributed by atoms with E-state index in [9.17, 15) is 22.0 Å². The van der Waals surface area contributed by atoms with Gasteiger partial charge in [0, 0.05) is 6.42 Å². The molecular weight excluding hydrogens is 179 g/mol. The minimum atomic E-state index is -4.87. The van der Waals surface area contributed by atoms with Gasteiger partial charge < -0.3 is 0 Å². The summed E-state index contributed by atoms with van der Waals surface area (Å²) in [4.78, 5) is 0. The molecule has 0 aromatic heterocycles. The van der Waals surface area contributed by atoms with Crippen molar-refractivity contribution in [1.82, 2.24) is 0 Å². The van der Waals surface area contributed by atoms with Crippen LogP contribution in [0.3, 0.4) is 0 Å². The molecular formula is C7H11F5. The Hall–Kier alpha value is -0.350. The van der Waals surface area contributed by atoms with Gasteiger partial charge in [0.15, 0.2) is 0 Å². The summed E-state index contributed by atoms with van der Waals surface area (Å²) >= 11 is 0. The Labute approximate surface area is 67.8 Å². The van der Waals surface area contributed by atoms with E-state index < -0.39 is 23.9 Å². The third kappa shape index (κ3) is 1.69. The molecule has 0 saturated carbocycles. The third-order valence-electron chi connectivity index (χ3n) is 2.07. The van der Waals surface area contributed by atoms with Gasteiger partial charge in [0.2, 0.25) is 0 Å². The molecule has 0 fully saturated rings. The number of hydrogen-bond donors (Lipinski definition) is 0. The van der Waals surface area contributed by atoms with Gasteiger partial charge in [-0.05, 0) is 13.8 Å². The van der Waals surface area contributed by atoms with E-state index in [2.05, 4.69) is 0 Å². The zero-order chi connectivity index (χ0) is 10.2. The Morgan fingerprint density at radius 3 is 1.33 bits per heavy atom. The summed E-state index contributed by atoms with van der Waals surface area (Å²) < 4.78 is 61.5.